The fourth-order valence-corrected chi connectivity index (χ4v) is 8.04. The SMILES string of the molecule is COc1c(N)cccc1-c1ncn(C)n1.COc1c(Nc2cc(Cl)ncc2C#N)cccc1-c1ncn(C)n1.COc1c(Nc2cc(NC(=O)C3CC3)ncc2C#N)cccc1-c1ncn(C)n1.N#Cc1cnc(Cl)cc1Cl.NC(=O)C1CC1. The predicted octanol–water partition coefficient (Wildman–Crippen LogP) is 9.22. The highest BCUT2D eigenvalue weighted by molar-refractivity contribution is 6.34. The van der Waals surface area contributed by atoms with E-state index in [0.717, 1.165) is 36.8 Å². The van der Waals surface area contributed by atoms with Crippen molar-refractivity contribution in [3.05, 3.63) is 142 Å². The van der Waals surface area contributed by atoms with Crippen molar-refractivity contribution in [2.75, 3.05) is 43.0 Å². The Balaban J connectivity index is 0.000000164. The number of rotatable bonds is 13. The lowest BCUT2D eigenvalue weighted by atomic mass is 10.1. The van der Waals surface area contributed by atoms with Gasteiger partial charge < -0.3 is 41.6 Å². The molecule has 84 heavy (non-hydrogen) atoms. The van der Waals surface area contributed by atoms with Gasteiger partial charge in [-0.2, -0.15) is 31.1 Å². The standard InChI is InChI=1S/C20H19N7O2.C16H13ClN6O.C10H12N4O.C6H2Cl2N2.C4H7NO/c1-27-11-23-19(26-27)14-4-3-5-15(18(14)29-2)24-16-8-17(22-10-13(16)9-21)25-20(28)12-6-7-12;1-23-9-20-16(22-23)11-4-3-5-12(15(11)24-2)21-13-6-14(17)19-8-10(13)7-18;1-14-6-12-10(13-14)7-4-3-5-8(11)9(7)15-2;7-5-1-6(8)10-3-4(5)2-9;5-4(6)3-1-2-3/h3-5,8,10-12H,6-7H2,1-2H3,(H2,22,24,25,28);3-6,8-9H,1-2H3,(H,19,21);3-6H,11H2,1-2H3;1,3H;3H,1-2H2,(H2,5,6). The third-order valence-electron chi connectivity index (χ3n) is 11.9. The number of aryl methyl sites for hydroxylation is 3. The van der Waals surface area contributed by atoms with Gasteiger partial charge in [-0.3, -0.25) is 23.6 Å². The van der Waals surface area contributed by atoms with E-state index in [1.807, 2.05) is 61.6 Å². The molecule has 0 saturated heterocycles. The summed E-state index contributed by atoms with van der Waals surface area (Å²) >= 11 is 17.0. The molecule has 11 rings (SSSR count). The fourth-order valence-electron chi connectivity index (χ4n) is 7.47. The minimum absolute atomic E-state index is 0.0473. The molecule has 6 heterocycles. The summed E-state index contributed by atoms with van der Waals surface area (Å²) in [6.45, 7) is 0. The monoisotopic (exact) mass is 1190 g/mol. The molecule has 2 fully saturated rings. The Bertz CT molecular complexity index is 3930. The van der Waals surface area contributed by atoms with Crippen molar-refractivity contribution in [3.63, 3.8) is 0 Å². The number of nitrogens with zero attached hydrogens (tertiary/aromatic N) is 15. The average Bonchev–Trinajstić information content (AvgIpc) is 4.46. The number of hydrogen-bond donors (Lipinski definition) is 5. The Morgan fingerprint density at radius 2 is 0.976 bits per heavy atom. The molecule has 2 aliphatic carbocycles. The minimum Gasteiger partial charge on any atom is -0.494 e. The number of benzene rings is 3. The topological polar surface area (TPSA) is 352 Å². The van der Waals surface area contributed by atoms with Crippen LogP contribution in [0, 0.1) is 45.8 Å². The number of carbonyl (C=O) groups is 2. The van der Waals surface area contributed by atoms with Crippen molar-refractivity contribution < 1.29 is 23.8 Å². The number of nitriles is 3. The predicted molar refractivity (Wildman–Crippen MR) is 315 cm³/mol. The van der Waals surface area contributed by atoms with Crippen LogP contribution in [0.2, 0.25) is 15.3 Å². The number of aromatic nitrogens is 12. The quantitative estimate of drug-likeness (QED) is 0.0530. The molecule has 28 heteroatoms. The number of primary amides is 1. The molecular weight excluding hydrogens is 1140 g/mol. The molecule has 9 aromatic rings. The summed E-state index contributed by atoms with van der Waals surface area (Å²) in [7, 11) is 10.1. The normalized spacial score (nSPS) is 11.7. The zero-order valence-corrected chi connectivity index (χ0v) is 48.2. The highest BCUT2D eigenvalue weighted by Crippen LogP contribution is 2.39. The van der Waals surface area contributed by atoms with Crippen molar-refractivity contribution in [2.24, 2.45) is 38.7 Å². The summed E-state index contributed by atoms with van der Waals surface area (Å²) < 4.78 is 21.2. The lowest BCUT2D eigenvalue weighted by molar-refractivity contribution is -0.119. The number of nitrogen functional groups attached to an aromatic ring is 1. The van der Waals surface area contributed by atoms with E-state index in [1.165, 1.54) is 24.7 Å². The molecule has 2 amide bonds. The van der Waals surface area contributed by atoms with Gasteiger partial charge in [-0.1, -0.05) is 53.0 Å². The Morgan fingerprint density at radius 1 is 0.560 bits per heavy atom. The lowest BCUT2D eigenvalue weighted by Gasteiger charge is -2.15. The molecule has 0 unspecified atom stereocenters. The highest BCUT2D eigenvalue weighted by atomic mass is 35.5. The molecule has 0 spiro atoms. The van der Waals surface area contributed by atoms with E-state index in [9.17, 15) is 20.1 Å². The van der Waals surface area contributed by atoms with Crippen molar-refractivity contribution in [2.45, 2.75) is 25.7 Å². The molecule has 2 saturated carbocycles. The first-order valence-electron chi connectivity index (χ1n) is 25.1. The number of nitrogens with two attached hydrogens (primary N) is 2. The van der Waals surface area contributed by atoms with Gasteiger partial charge in [-0.15, -0.1) is 0 Å². The van der Waals surface area contributed by atoms with Crippen LogP contribution >= 0.6 is 34.8 Å². The van der Waals surface area contributed by atoms with Crippen LogP contribution < -0.4 is 41.6 Å². The minimum atomic E-state index is -0.130. The van der Waals surface area contributed by atoms with Gasteiger partial charge >= 0.3 is 0 Å². The van der Waals surface area contributed by atoms with Crippen LogP contribution in [-0.2, 0) is 30.7 Å². The smallest absolute Gasteiger partial charge is 0.228 e. The van der Waals surface area contributed by atoms with Crippen molar-refractivity contribution in [1.82, 2.24) is 59.2 Å². The first-order chi connectivity index (χ1) is 40.5. The molecule has 3 aromatic carbocycles. The van der Waals surface area contributed by atoms with Gasteiger partial charge in [0, 0.05) is 63.7 Å². The Labute approximate surface area is 496 Å². The van der Waals surface area contributed by atoms with Crippen molar-refractivity contribution >= 4 is 80.9 Å². The maximum Gasteiger partial charge on any atom is 0.228 e. The van der Waals surface area contributed by atoms with Crippen LogP contribution in [0.15, 0.2) is 110 Å². The van der Waals surface area contributed by atoms with Gasteiger partial charge in [-0.05, 0) is 68.1 Å². The maximum atomic E-state index is 12.0. The Kier molecular flexibility index (Phi) is 21.0. The van der Waals surface area contributed by atoms with E-state index >= 15 is 0 Å². The number of ether oxygens (including phenoxy) is 3. The summed E-state index contributed by atoms with van der Waals surface area (Å²) in [4.78, 5) is 46.4. The summed E-state index contributed by atoms with van der Waals surface area (Å²) in [5.74, 6) is 3.94. The van der Waals surface area contributed by atoms with E-state index in [-0.39, 0.29) is 28.8 Å². The average molecular weight is 1190 g/mol. The van der Waals surface area contributed by atoms with Crippen molar-refractivity contribution in [1.29, 1.82) is 15.8 Å². The summed E-state index contributed by atoms with van der Waals surface area (Å²) in [5.41, 5.74) is 16.9. The second-order valence-electron chi connectivity index (χ2n) is 18.1. The zero-order chi connectivity index (χ0) is 60.5. The molecule has 25 nitrogen and oxygen atoms in total. The molecular formula is C56H53Cl3N20O5. The van der Waals surface area contributed by atoms with Crippen LogP contribution in [0.4, 0.5) is 34.3 Å². The number of para-hydroxylation sites is 3. The third-order valence-corrected chi connectivity index (χ3v) is 12.6. The number of methoxy groups -OCH3 is 3. The zero-order valence-electron chi connectivity index (χ0n) is 45.9. The van der Waals surface area contributed by atoms with Gasteiger partial charge in [0.15, 0.2) is 34.7 Å². The van der Waals surface area contributed by atoms with E-state index in [2.05, 4.69) is 73.3 Å². The van der Waals surface area contributed by atoms with Crippen LogP contribution in [0.3, 0.4) is 0 Å². The van der Waals surface area contributed by atoms with Crippen LogP contribution in [0.1, 0.15) is 42.4 Å². The fraction of sp³-hybridized carbons (Fsp3) is 0.214. The van der Waals surface area contributed by atoms with Crippen molar-refractivity contribution in [3.8, 4) is 69.6 Å². The van der Waals surface area contributed by atoms with E-state index in [4.69, 9.17) is 65.7 Å². The molecule has 428 valence electrons. The van der Waals surface area contributed by atoms with Gasteiger partial charge in [0.1, 0.15) is 53.3 Å². The third kappa shape index (κ3) is 16.4. The van der Waals surface area contributed by atoms with Crippen LogP contribution in [0.25, 0.3) is 34.2 Å². The van der Waals surface area contributed by atoms with E-state index in [1.54, 1.807) is 86.7 Å². The molecule has 0 atom stereocenters. The first kappa shape index (κ1) is 61.2. The molecule has 0 radical (unpaired) electrons. The summed E-state index contributed by atoms with van der Waals surface area (Å²) in [6, 6.07) is 27.3. The number of amides is 2. The number of anilines is 6. The Morgan fingerprint density at radius 3 is 1.37 bits per heavy atom. The maximum absolute atomic E-state index is 12.0. The summed E-state index contributed by atoms with van der Waals surface area (Å²) in [6.07, 6.45) is 12.9. The number of hydrogen-bond acceptors (Lipinski definition) is 20. The number of carbonyl (C=O) groups excluding carboxylic acids is 2. The van der Waals surface area contributed by atoms with Gasteiger partial charge in [0.05, 0.1) is 88.2 Å². The van der Waals surface area contributed by atoms with E-state index < -0.39 is 0 Å². The Hall–Kier alpha value is -10.4. The highest BCUT2D eigenvalue weighted by Gasteiger charge is 2.30. The van der Waals surface area contributed by atoms with E-state index in [0.29, 0.717) is 101 Å². The second-order valence-corrected chi connectivity index (χ2v) is 19.3. The number of halogens is 3. The first-order valence-corrected chi connectivity index (χ1v) is 26.3. The largest absolute Gasteiger partial charge is 0.494 e. The van der Waals surface area contributed by atoms with Gasteiger partial charge in [-0.25, -0.2) is 29.9 Å². The number of pyridine rings is 3. The molecule has 6 aromatic heterocycles. The molecule has 7 N–H and O–H groups in total. The number of nitrogens with one attached hydrogen (secondary N) is 3. The van der Waals surface area contributed by atoms with Gasteiger partial charge in [0.2, 0.25) is 11.8 Å². The lowest BCUT2D eigenvalue weighted by Crippen LogP contribution is -2.14. The summed E-state index contributed by atoms with van der Waals surface area (Å²) in [5, 5.41) is 50.0. The molecule has 0 aliphatic heterocycles. The van der Waals surface area contributed by atoms with Gasteiger partial charge in [0.25, 0.3) is 0 Å². The second kappa shape index (κ2) is 28.8. The molecule has 0 bridgehead atoms. The van der Waals surface area contributed by atoms with Crippen LogP contribution in [-0.4, -0.2) is 92.4 Å². The molecule has 2 aliphatic rings. The van der Waals surface area contributed by atoms with Crippen LogP contribution in [0.5, 0.6) is 17.2 Å².